The smallest absolute Gasteiger partial charge is 0.329 e. The third kappa shape index (κ3) is 11.0. The van der Waals surface area contributed by atoms with E-state index in [1.165, 1.54) is 33.6 Å². The molecule has 16 nitrogen and oxygen atoms in total. The zero-order valence-corrected chi connectivity index (χ0v) is 38.8. The van der Waals surface area contributed by atoms with Gasteiger partial charge in [0.25, 0.3) is 11.8 Å². The molecule has 0 aromatic heterocycles. The van der Waals surface area contributed by atoms with Gasteiger partial charge in [0.05, 0.1) is 5.92 Å². The van der Waals surface area contributed by atoms with Crippen LogP contribution in [0.3, 0.4) is 0 Å². The maximum absolute atomic E-state index is 14.8. The van der Waals surface area contributed by atoms with E-state index in [1.54, 1.807) is 34.6 Å². The van der Waals surface area contributed by atoms with Crippen molar-refractivity contribution in [3.8, 4) is 0 Å². The highest BCUT2D eigenvalue weighted by molar-refractivity contribution is 5.97. The van der Waals surface area contributed by atoms with Crippen molar-refractivity contribution in [1.29, 1.82) is 0 Å². The fraction of sp³-hybridized carbons (Fsp3) is 0.702. The van der Waals surface area contributed by atoms with Crippen LogP contribution in [0, 0.1) is 29.6 Å². The predicted octanol–water partition coefficient (Wildman–Crippen LogP) is 3.10. The van der Waals surface area contributed by atoms with Crippen LogP contribution in [-0.2, 0) is 54.3 Å². The van der Waals surface area contributed by atoms with Gasteiger partial charge in [-0.25, -0.2) is 4.79 Å². The number of nitrogens with one attached hydrogen (secondary N) is 2. The fourth-order valence-corrected chi connectivity index (χ4v) is 9.78. The molecule has 348 valence electrons. The first-order valence-corrected chi connectivity index (χ1v) is 23.0. The third-order valence-electron chi connectivity index (χ3n) is 13.3. The maximum Gasteiger partial charge on any atom is 0.329 e. The van der Waals surface area contributed by atoms with E-state index in [0.717, 1.165) is 5.56 Å². The molecule has 63 heavy (non-hydrogen) atoms. The third-order valence-corrected chi connectivity index (χ3v) is 13.3. The lowest BCUT2D eigenvalue weighted by molar-refractivity contribution is -0.172. The number of nitrogens with zero attached hydrogens (tertiary/aromatic N) is 4. The Morgan fingerprint density at radius 2 is 1.13 bits per heavy atom. The molecule has 0 aliphatic carbocycles. The summed E-state index contributed by atoms with van der Waals surface area (Å²) in [6.07, 6.45) is 0.372. The van der Waals surface area contributed by atoms with Gasteiger partial charge in [0.2, 0.25) is 23.6 Å². The molecule has 6 amide bonds. The molecule has 1 aromatic rings. The highest BCUT2D eigenvalue weighted by Gasteiger charge is 2.47. The van der Waals surface area contributed by atoms with Crippen LogP contribution in [0.1, 0.15) is 106 Å². The number of benzene rings is 1. The number of likely N-dealkylation sites (N-methyl/N-ethyl adjacent to an activating group) is 1. The molecular formula is C47H70N6O10. The SMILES string of the molecule is CC(C)C1NC(=O)[C@@H]2CCCN2C(=O)C(C(C)Cc2ccccc2)NC(=O)[C@@H]2CCCN2C(=O)[C@@H](C(C)C)N(C)C(=O)[C@@H](C(C)C)OC(=O)[C@@H]2CCCN2C(=O)[C@H](C)OC(=O)C1C. The Hall–Kier alpha value is -5.02. The van der Waals surface area contributed by atoms with Gasteiger partial charge in [0.15, 0.2) is 12.2 Å². The van der Waals surface area contributed by atoms with Gasteiger partial charge < -0.3 is 39.7 Å². The number of carbonyl (C=O) groups is 8. The molecule has 1 aromatic carbocycles. The summed E-state index contributed by atoms with van der Waals surface area (Å²) in [4.78, 5) is 120. The van der Waals surface area contributed by atoms with Gasteiger partial charge in [0.1, 0.15) is 30.2 Å². The van der Waals surface area contributed by atoms with Crippen molar-refractivity contribution in [2.24, 2.45) is 29.6 Å². The number of amides is 6. The van der Waals surface area contributed by atoms with Crippen molar-refractivity contribution in [1.82, 2.24) is 30.2 Å². The van der Waals surface area contributed by atoms with Gasteiger partial charge in [-0.3, -0.25) is 33.6 Å². The van der Waals surface area contributed by atoms with E-state index in [9.17, 15) is 38.4 Å². The molecule has 4 heterocycles. The lowest BCUT2D eigenvalue weighted by Crippen LogP contribution is -2.61. The largest absolute Gasteiger partial charge is 0.452 e. The Morgan fingerprint density at radius 1 is 0.603 bits per heavy atom. The number of esters is 2. The van der Waals surface area contributed by atoms with E-state index in [-0.39, 0.29) is 32.0 Å². The highest BCUT2D eigenvalue weighted by atomic mass is 16.6. The van der Waals surface area contributed by atoms with E-state index in [0.29, 0.717) is 38.5 Å². The number of cyclic esters (lactones) is 2. The molecule has 4 saturated heterocycles. The van der Waals surface area contributed by atoms with Crippen molar-refractivity contribution in [2.75, 3.05) is 26.7 Å². The average Bonchev–Trinajstić information content (AvgIpc) is 4.04. The second-order valence-corrected chi connectivity index (χ2v) is 19.1. The molecule has 0 saturated carbocycles. The molecule has 4 aliphatic rings. The van der Waals surface area contributed by atoms with Crippen LogP contribution in [0.15, 0.2) is 30.3 Å². The normalized spacial score (nSPS) is 30.7. The Morgan fingerprint density at radius 3 is 1.67 bits per heavy atom. The first-order valence-electron chi connectivity index (χ1n) is 23.0. The van der Waals surface area contributed by atoms with E-state index in [2.05, 4.69) is 10.6 Å². The lowest BCUT2D eigenvalue weighted by Gasteiger charge is -2.38. The summed E-state index contributed by atoms with van der Waals surface area (Å²) in [5.41, 5.74) is 0.954. The molecule has 5 rings (SSSR count). The number of hydrogen-bond acceptors (Lipinski definition) is 10. The summed E-state index contributed by atoms with van der Waals surface area (Å²) >= 11 is 0. The number of fused-ring (bicyclic) bond motifs is 3. The summed E-state index contributed by atoms with van der Waals surface area (Å²) in [7, 11) is 1.49. The van der Waals surface area contributed by atoms with Crippen LogP contribution in [0.25, 0.3) is 0 Å². The molecule has 4 unspecified atom stereocenters. The van der Waals surface area contributed by atoms with Crippen LogP contribution in [0.4, 0.5) is 0 Å². The fourth-order valence-electron chi connectivity index (χ4n) is 9.78. The molecule has 2 N–H and O–H groups in total. The number of rotatable bonds is 6. The van der Waals surface area contributed by atoms with Crippen molar-refractivity contribution >= 4 is 47.4 Å². The summed E-state index contributed by atoms with van der Waals surface area (Å²) in [5.74, 6) is -7.03. The Kier molecular flexibility index (Phi) is 16.4. The summed E-state index contributed by atoms with van der Waals surface area (Å²) < 4.78 is 11.6. The first-order chi connectivity index (χ1) is 29.7. The second-order valence-electron chi connectivity index (χ2n) is 19.1. The minimum atomic E-state index is -1.30. The molecule has 0 radical (unpaired) electrons. The van der Waals surface area contributed by atoms with E-state index >= 15 is 0 Å². The van der Waals surface area contributed by atoms with Gasteiger partial charge in [-0.1, -0.05) is 78.8 Å². The topological polar surface area (TPSA) is 192 Å². The first kappa shape index (κ1) is 49.0. The van der Waals surface area contributed by atoms with E-state index < -0.39 is 120 Å². The molecule has 4 aliphatic heterocycles. The Labute approximate surface area is 372 Å². The number of hydrogen-bond donors (Lipinski definition) is 2. The lowest BCUT2D eigenvalue weighted by atomic mass is 9.91. The van der Waals surface area contributed by atoms with Gasteiger partial charge in [-0.05, 0) is 88.0 Å². The zero-order valence-electron chi connectivity index (χ0n) is 38.8. The molecule has 16 heteroatoms. The highest BCUT2D eigenvalue weighted by Crippen LogP contribution is 2.29. The van der Waals surface area contributed by atoms with Crippen molar-refractivity contribution in [3.63, 3.8) is 0 Å². The van der Waals surface area contributed by atoms with Crippen LogP contribution in [-0.4, -0.2) is 142 Å². The molecule has 0 spiro atoms. The van der Waals surface area contributed by atoms with Crippen LogP contribution < -0.4 is 10.6 Å². The maximum atomic E-state index is 14.8. The van der Waals surface area contributed by atoms with Gasteiger partial charge in [-0.15, -0.1) is 0 Å². The molecular weight excluding hydrogens is 809 g/mol. The predicted molar refractivity (Wildman–Crippen MR) is 233 cm³/mol. The van der Waals surface area contributed by atoms with Crippen molar-refractivity contribution < 1.29 is 47.8 Å². The van der Waals surface area contributed by atoms with Gasteiger partial charge in [0, 0.05) is 32.7 Å². The summed E-state index contributed by atoms with van der Waals surface area (Å²) in [6.45, 7) is 16.4. The minimum Gasteiger partial charge on any atom is -0.452 e. The van der Waals surface area contributed by atoms with Crippen molar-refractivity contribution in [2.45, 2.75) is 156 Å². The van der Waals surface area contributed by atoms with Gasteiger partial charge >= 0.3 is 11.9 Å². The standard InChI is InChI=1S/C47H70N6O10/c1-26(2)36-30(8)46(60)62-31(9)42(56)53-24-16-21-35(53)47(61)63-39(28(5)6)45(59)50(10)38(27(3)4)44(58)52-23-15-20-34(52)41(55)49-37(29(7)25-32-17-12-11-13-18-32)43(57)51-22-14-19-33(51)40(54)48-36/h11-13,17-18,26-31,33-39H,14-16,19-25H2,1-10H3,(H,48,54)(H,49,55)/t29?,30?,31-,33-,34-,35-,36?,37?,38+,39+/m0/s1. The average molecular weight is 879 g/mol. The summed E-state index contributed by atoms with van der Waals surface area (Å²) in [6, 6.07) is 3.91. The van der Waals surface area contributed by atoms with E-state index in [1.807, 2.05) is 51.1 Å². The van der Waals surface area contributed by atoms with Crippen LogP contribution in [0.5, 0.6) is 0 Å². The monoisotopic (exact) mass is 879 g/mol. The van der Waals surface area contributed by atoms with Crippen LogP contribution in [0.2, 0.25) is 0 Å². The van der Waals surface area contributed by atoms with E-state index in [4.69, 9.17) is 9.47 Å². The Bertz CT molecular complexity index is 1860. The van der Waals surface area contributed by atoms with Gasteiger partial charge in [-0.2, -0.15) is 0 Å². The second kappa shape index (κ2) is 21.1. The number of ether oxygens (including phenoxy) is 2. The minimum absolute atomic E-state index is 0.206. The van der Waals surface area contributed by atoms with Crippen molar-refractivity contribution in [3.05, 3.63) is 35.9 Å². The van der Waals surface area contributed by atoms with Crippen LogP contribution >= 0.6 is 0 Å². The number of carbonyl (C=O) groups excluding carboxylic acids is 8. The molecule has 0 bridgehead atoms. The zero-order chi connectivity index (χ0) is 46.4. The Balaban J connectivity index is 1.54. The molecule has 10 atom stereocenters. The summed E-state index contributed by atoms with van der Waals surface area (Å²) in [5, 5.41) is 6.05. The quantitative estimate of drug-likeness (QED) is 0.402. The molecule has 4 fully saturated rings.